The molecule has 1 amide bonds. The van der Waals surface area contributed by atoms with Crippen molar-refractivity contribution in [3.8, 4) is 0 Å². The number of pyridine rings is 1. The van der Waals surface area contributed by atoms with Gasteiger partial charge in [0.05, 0.1) is 0 Å². The van der Waals surface area contributed by atoms with E-state index < -0.39 is 0 Å². The summed E-state index contributed by atoms with van der Waals surface area (Å²) in [5.41, 5.74) is 1.07. The zero-order valence-corrected chi connectivity index (χ0v) is 12.3. The monoisotopic (exact) mass is 302 g/mol. The highest BCUT2D eigenvalue weighted by Gasteiger charge is 2.19. The third-order valence-electron chi connectivity index (χ3n) is 3.92. The normalized spacial score (nSPS) is 15.7. The molecule has 7 nitrogen and oxygen atoms in total. The summed E-state index contributed by atoms with van der Waals surface area (Å²) in [4.78, 5) is 23.8. The lowest BCUT2D eigenvalue weighted by Gasteiger charge is -2.20. The average molecular weight is 302 g/mol. The minimum Gasteiger partial charge on any atom is -0.381 e. The molecule has 0 aromatic carbocycles. The first kappa shape index (κ1) is 14.5. The van der Waals surface area contributed by atoms with Gasteiger partial charge in [-0.15, -0.1) is 0 Å². The van der Waals surface area contributed by atoms with E-state index in [1.807, 2.05) is 6.07 Å². The van der Waals surface area contributed by atoms with Crippen LogP contribution in [0.5, 0.6) is 0 Å². The van der Waals surface area contributed by atoms with Crippen LogP contribution in [0.2, 0.25) is 0 Å². The number of nitrogens with one attached hydrogen (secondary N) is 2. The second-order valence-electron chi connectivity index (χ2n) is 5.36. The zero-order chi connectivity index (χ0) is 15.5. The van der Waals surface area contributed by atoms with Crippen LogP contribution in [-0.4, -0.2) is 33.9 Å². The van der Waals surface area contributed by atoms with E-state index in [-0.39, 0.29) is 11.5 Å². The molecule has 116 valence electrons. The van der Waals surface area contributed by atoms with Crippen molar-refractivity contribution in [2.24, 2.45) is 7.05 Å². The Morgan fingerprint density at radius 3 is 2.95 bits per heavy atom. The van der Waals surface area contributed by atoms with E-state index in [0.717, 1.165) is 31.7 Å². The summed E-state index contributed by atoms with van der Waals surface area (Å²) in [7, 11) is 1.56. The predicted molar refractivity (Wildman–Crippen MR) is 81.0 cm³/mol. The number of ether oxygens (including phenoxy) is 1. The lowest BCUT2D eigenvalue weighted by molar-refractivity contribution is 0.0845. The summed E-state index contributed by atoms with van der Waals surface area (Å²) >= 11 is 0. The van der Waals surface area contributed by atoms with Gasteiger partial charge in [0.2, 0.25) is 0 Å². The number of amides is 1. The molecule has 1 aliphatic heterocycles. The van der Waals surface area contributed by atoms with E-state index >= 15 is 0 Å². The van der Waals surface area contributed by atoms with Gasteiger partial charge >= 0.3 is 0 Å². The van der Waals surface area contributed by atoms with Crippen LogP contribution < -0.4 is 10.9 Å². The molecule has 0 saturated carbocycles. The molecule has 1 saturated heterocycles. The Labute approximate surface area is 127 Å². The van der Waals surface area contributed by atoms with Crippen LogP contribution in [0.1, 0.15) is 34.9 Å². The number of rotatable bonds is 3. The van der Waals surface area contributed by atoms with Crippen molar-refractivity contribution in [2.75, 3.05) is 18.5 Å². The van der Waals surface area contributed by atoms with Gasteiger partial charge in [-0.05, 0) is 18.9 Å². The van der Waals surface area contributed by atoms with Crippen molar-refractivity contribution < 1.29 is 9.53 Å². The first-order valence-electron chi connectivity index (χ1n) is 7.25. The molecule has 22 heavy (non-hydrogen) atoms. The van der Waals surface area contributed by atoms with Gasteiger partial charge in [0.1, 0.15) is 5.69 Å². The Hall–Kier alpha value is -2.41. The van der Waals surface area contributed by atoms with E-state index in [1.54, 1.807) is 19.2 Å². The molecule has 2 N–H and O–H groups in total. The largest absolute Gasteiger partial charge is 0.381 e. The van der Waals surface area contributed by atoms with Crippen LogP contribution in [0.25, 0.3) is 0 Å². The van der Waals surface area contributed by atoms with E-state index in [0.29, 0.717) is 17.4 Å². The fourth-order valence-electron chi connectivity index (χ4n) is 2.59. The first-order valence-corrected chi connectivity index (χ1v) is 7.25. The van der Waals surface area contributed by atoms with Crippen molar-refractivity contribution in [3.63, 3.8) is 0 Å². The maximum Gasteiger partial charge on any atom is 0.273 e. The third kappa shape index (κ3) is 2.94. The zero-order valence-electron chi connectivity index (χ0n) is 12.3. The maximum atomic E-state index is 12.2. The Bertz CT molecular complexity index is 728. The quantitative estimate of drug-likeness (QED) is 0.893. The predicted octanol–water partition coefficient (Wildman–Crippen LogP) is 1.25. The Kier molecular flexibility index (Phi) is 4.06. The highest BCUT2D eigenvalue weighted by atomic mass is 16.5. The molecule has 0 spiro atoms. The summed E-state index contributed by atoms with van der Waals surface area (Å²) in [6.07, 6.45) is 1.89. The highest BCUT2D eigenvalue weighted by molar-refractivity contribution is 6.02. The third-order valence-corrected chi connectivity index (χ3v) is 3.92. The number of hydrogen-bond acceptors (Lipinski definition) is 4. The van der Waals surface area contributed by atoms with Gasteiger partial charge in [-0.2, -0.15) is 5.10 Å². The van der Waals surface area contributed by atoms with Gasteiger partial charge in [0, 0.05) is 44.0 Å². The second kappa shape index (κ2) is 6.15. The Balaban J connectivity index is 1.73. The fourth-order valence-corrected chi connectivity index (χ4v) is 2.59. The SMILES string of the molecule is Cn1c(C(=O)Nc2cc(C3CCOCC3)[nH]n2)cccc1=O. The molecular weight excluding hydrogens is 284 g/mol. The highest BCUT2D eigenvalue weighted by Crippen LogP contribution is 2.26. The molecule has 2 aromatic rings. The Morgan fingerprint density at radius 2 is 2.18 bits per heavy atom. The molecule has 0 unspecified atom stereocenters. The number of H-pyrrole nitrogens is 1. The van der Waals surface area contributed by atoms with Gasteiger partial charge in [0.25, 0.3) is 11.5 Å². The minimum atomic E-state index is -0.356. The summed E-state index contributed by atoms with van der Waals surface area (Å²) < 4.78 is 6.65. The second-order valence-corrected chi connectivity index (χ2v) is 5.36. The molecule has 1 aliphatic rings. The summed E-state index contributed by atoms with van der Waals surface area (Å²) in [6, 6.07) is 6.42. The van der Waals surface area contributed by atoms with Crippen molar-refractivity contribution in [1.29, 1.82) is 0 Å². The molecule has 3 rings (SSSR count). The van der Waals surface area contributed by atoms with Crippen LogP contribution in [0.3, 0.4) is 0 Å². The van der Waals surface area contributed by atoms with Crippen LogP contribution in [0.4, 0.5) is 5.82 Å². The van der Waals surface area contributed by atoms with E-state index in [1.165, 1.54) is 10.6 Å². The minimum absolute atomic E-state index is 0.224. The smallest absolute Gasteiger partial charge is 0.273 e. The molecule has 0 atom stereocenters. The number of aromatic nitrogens is 3. The van der Waals surface area contributed by atoms with E-state index in [4.69, 9.17) is 4.74 Å². The Morgan fingerprint density at radius 1 is 1.41 bits per heavy atom. The number of hydrogen-bond donors (Lipinski definition) is 2. The van der Waals surface area contributed by atoms with Crippen molar-refractivity contribution >= 4 is 11.7 Å². The van der Waals surface area contributed by atoms with Crippen LogP contribution in [0.15, 0.2) is 29.1 Å². The molecule has 1 fully saturated rings. The molecule has 3 heterocycles. The van der Waals surface area contributed by atoms with Gasteiger partial charge in [-0.3, -0.25) is 14.7 Å². The van der Waals surface area contributed by atoms with Crippen LogP contribution in [-0.2, 0) is 11.8 Å². The lowest BCUT2D eigenvalue weighted by atomic mass is 9.97. The van der Waals surface area contributed by atoms with Gasteiger partial charge in [-0.25, -0.2) is 0 Å². The van der Waals surface area contributed by atoms with Gasteiger partial charge in [-0.1, -0.05) is 6.07 Å². The molecule has 0 radical (unpaired) electrons. The summed E-state index contributed by atoms with van der Waals surface area (Å²) in [5.74, 6) is 0.487. The van der Waals surface area contributed by atoms with Crippen LogP contribution >= 0.6 is 0 Å². The van der Waals surface area contributed by atoms with Crippen molar-refractivity contribution in [2.45, 2.75) is 18.8 Å². The van der Waals surface area contributed by atoms with Crippen molar-refractivity contribution in [3.05, 3.63) is 46.0 Å². The standard InChI is InChI=1S/C15H18N4O3/c1-19-12(3-2-4-14(19)20)15(21)16-13-9-11(17-18-13)10-5-7-22-8-6-10/h2-4,9-10H,5-8H2,1H3,(H2,16,17,18,21). The average Bonchev–Trinajstić information content (AvgIpc) is 2.99. The lowest BCUT2D eigenvalue weighted by Crippen LogP contribution is -2.25. The van der Waals surface area contributed by atoms with Gasteiger partial charge < -0.3 is 14.6 Å². The van der Waals surface area contributed by atoms with E-state index in [9.17, 15) is 9.59 Å². The van der Waals surface area contributed by atoms with Crippen LogP contribution in [0, 0.1) is 0 Å². The molecule has 2 aromatic heterocycles. The first-order chi connectivity index (χ1) is 10.6. The number of carbonyl (C=O) groups is 1. The molecule has 0 aliphatic carbocycles. The number of carbonyl (C=O) groups excluding carboxylic acids is 1. The fraction of sp³-hybridized carbons (Fsp3) is 0.400. The van der Waals surface area contributed by atoms with Gasteiger partial charge in [0.15, 0.2) is 5.82 Å². The molecule has 0 bridgehead atoms. The molecular formula is C15H18N4O3. The summed E-state index contributed by atoms with van der Waals surface area (Å²) in [5, 5.41) is 9.81. The van der Waals surface area contributed by atoms with Crippen molar-refractivity contribution in [1.82, 2.24) is 14.8 Å². The molecule has 7 heteroatoms. The summed E-state index contributed by atoms with van der Waals surface area (Å²) in [6.45, 7) is 1.50. The maximum absolute atomic E-state index is 12.2. The topological polar surface area (TPSA) is 89.0 Å². The van der Waals surface area contributed by atoms with E-state index in [2.05, 4.69) is 15.5 Å². The number of aromatic amines is 1. The number of anilines is 1. The number of nitrogens with zero attached hydrogens (tertiary/aromatic N) is 2.